The minimum Gasteiger partial charge on any atom is -0.342 e. The van der Waals surface area contributed by atoms with Gasteiger partial charge in [0, 0.05) is 31.7 Å². The molecule has 0 unspecified atom stereocenters. The van der Waals surface area contributed by atoms with E-state index >= 15 is 0 Å². The molecule has 1 amide bonds. The lowest BCUT2D eigenvalue weighted by atomic mass is 9.88. The first-order chi connectivity index (χ1) is 10.3. The van der Waals surface area contributed by atoms with Crippen molar-refractivity contribution in [3.63, 3.8) is 0 Å². The zero-order chi connectivity index (χ0) is 16.3. The minimum absolute atomic E-state index is 0.272. The van der Waals surface area contributed by atoms with E-state index in [1.54, 1.807) is 0 Å². The highest BCUT2D eigenvalue weighted by molar-refractivity contribution is 5.82. The maximum absolute atomic E-state index is 12.8. The predicted octanol–water partition coefficient (Wildman–Crippen LogP) is 0.988. The average molecular weight is 310 g/mol. The van der Waals surface area contributed by atoms with Crippen LogP contribution in [0.25, 0.3) is 0 Å². The van der Waals surface area contributed by atoms with Crippen LogP contribution in [0.15, 0.2) is 0 Å². The summed E-state index contributed by atoms with van der Waals surface area (Å²) in [5.74, 6) is 0.291. The van der Waals surface area contributed by atoms with Crippen LogP contribution in [0.5, 0.6) is 0 Å². The second kappa shape index (κ2) is 7.28. The van der Waals surface area contributed by atoms with Crippen LogP contribution in [0.3, 0.4) is 0 Å². The number of rotatable bonds is 4. The van der Waals surface area contributed by atoms with Crippen molar-refractivity contribution in [2.45, 2.75) is 51.6 Å². The number of hydrogen-bond acceptors (Lipinski definition) is 4. The second-order valence-corrected chi connectivity index (χ2v) is 7.96. The first-order valence-electron chi connectivity index (χ1n) is 8.73. The van der Waals surface area contributed by atoms with Crippen molar-refractivity contribution in [2.75, 3.05) is 46.8 Å². The molecule has 2 aliphatic heterocycles. The molecule has 2 N–H and O–H groups in total. The van der Waals surface area contributed by atoms with Gasteiger partial charge in [-0.3, -0.25) is 4.79 Å². The van der Waals surface area contributed by atoms with Gasteiger partial charge in [0.15, 0.2) is 0 Å². The van der Waals surface area contributed by atoms with Gasteiger partial charge in [-0.1, -0.05) is 0 Å². The van der Waals surface area contributed by atoms with Crippen LogP contribution in [-0.2, 0) is 4.79 Å². The number of nitrogens with zero attached hydrogens (tertiary/aromatic N) is 3. The molecule has 2 rings (SSSR count). The quantitative estimate of drug-likeness (QED) is 0.841. The summed E-state index contributed by atoms with van der Waals surface area (Å²) in [7, 11) is 4.36. The Hall–Kier alpha value is -0.650. The van der Waals surface area contributed by atoms with Crippen LogP contribution in [0.4, 0.5) is 0 Å². The zero-order valence-corrected chi connectivity index (χ0v) is 14.8. The van der Waals surface area contributed by atoms with E-state index in [0.29, 0.717) is 11.9 Å². The Kier molecular flexibility index (Phi) is 5.86. The SMILES string of the molecule is CN1CCC(N(C)CC(C)(C)C(=O)N2CCC(N)CC2)CC1. The number of nitrogens with two attached hydrogens (primary N) is 1. The molecule has 0 aromatic rings. The van der Waals surface area contributed by atoms with E-state index in [1.807, 2.05) is 4.90 Å². The average Bonchev–Trinajstić information content (AvgIpc) is 2.47. The highest BCUT2D eigenvalue weighted by Gasteiger charge is 2.36. The molecule has 5 nitrogen and oxygen atoms in total. The fourth-order valence-corrected chi connectivity index (χ4v) is 3.79. The van der Waals surface area contributed by atoms with Crippen LogP contribution < -0.4 is 5.73 Å². The monoisotopic (exact) mass is 310 g/mol. The summed E-state index contributed by atoms with van der Waals surface area (Å²) < 4.78 is 0. The first-order valence-corrected chi connectivity index (χ1v) is 8.73. The van der Waals surface area contributed by atoms with Crippen LogP contribution in [0.1, 0.15) is 39.5 Å². The topological polar surface area (TPSA) is 52.8 Å². The number of hydrogen-bond donors (Lipinski definition) is 1. The highest BCUT2D eigenvalue weighted by atomic mass is 16.2. The molecule has 2 aliphatic rings. The molecule has 22 heavy (non-hydrogen) atoms. The van der Waals surface area contributed by atoms with E-state index in [2.05, 4.69) is 37.7 Å². The molecule has 2 fully saturated rings. The Morgan fingerprint density at radius 1 is 1.14 bits per heavy atom. The van der Waals surface area contributed by atoms with E-state index in [-0.39, 0.29) is 11.5 Å². The lowest BCUT2D eigenvalue weighted by Gasteiger charge is -2.41. The predicted molar refractivity (Wildman–Crippen MR) is 90.7 cm³/mol. The molecule has 0 saturated carbocycles. The highest BCUT2D eigenvalue weighted by Crippen LogP contribution is 2.25. The van der Waals surface area contributed by atoms with E-state index < -0.39 is 0 Å². The van der Waals surface area contributed by atoms with Crippen LogP contribution >= 0.6 is 0 Å². The molecule has 0 spiro atoms. The molecule has 2 saturated heterocycles. The fourth-order valence-electron chi connectivity index (χ4n) is 3.79. The van der Waals surface area contributed by atoms with Gasteiger partial charge in [-0.25, -0.2) is 0 Å². The second-order valence-electron chi connectivity index (χ2n) is 7.96. The largest absolute Gasteiger partial charge is 0.342 e. The summed E-state index contributed by atoms with van der Waals surface area (Å²) in [5.41, 5.74) is 5.63. The first kappa shape index (κ1) is 17.7. The normalized spacial score (nSPS) is 23.3. The minimum atomic E-state index is -0.320. The summed E-state index contributed by atoms with van der Waals surface area (Å²) in [6, 6.07) is 0.882. The molecular formula is C17H34N4O. The van der Waals surface area contributed by atoms with Gasteiger partial charge in [-0.2, -0.15) is 0 Å². The van der Waals surface area contributed by atoms with Gasteiger partial charge in [0.2, 0.25) is 5.91 Å². The molecule has 0 aliphatic carbocycles. The Labute approximate surface area is 135 Å². The maximum Gasteiger partial charge on any atom is 0.229 e. The number of carbonyl (C=O) groups excluding carboxylic acids is 1. The summed E-state index contributed by atoms with van der Waals surface area (Å²) >= 11 is 0. The Bertz CT molecular complexity index is 369. The number of amides is 1. The Morgan fingerprint density at radius 3 is 2.23 bits per heavy atom. The van der Waals surface area contributed by atoms with Gasteiger partial charge in [0.25, 0.3) is 0 Å². The molecule has 128 valence electrons. The zero-order valence-electron chi connectivity index (χ0n) is 14.8. The Balaban J connectivity index is 1.87. The standard InChI is InChI=1S/C17H34N4O/c1-17(2,16(22)21-11-5-14(18)6-12-21)13-20(4)15-7-9-19(3)10-8-15/h14-15H,5-13,18H2,1-4H3. The summed E-state index contributed by atoms with van der Waals surface area (Å²) in [4.78, 5) is 19.7. The van der Waals surface area contributed by atoms with Crippen LogP contribution in [0, 0.1) is 5.41 Å². The molecule has 0 aromatic heterocycles. The lowest BCUT2D eigenvalue weighted by Crippen LogP contribution is -2.52. The van der Waals surface area contributed by atoms with E-state index in [9.17, 15) is 4.79 Å². The van der Waals surface area contributed by atoms with Gasteiger partial charge in [0.1, 0.15) is 0 Å². The summed E-state index contributed by atoms with van der Waals surface area (Å²) in [6.45, 7) is 8.98. The fraction of sp³-hybridized carbons (Fsp3) is 0.941. The number of piperidine rings is 2. The number of likely N-dealkylation sites (tertiary alicyclic amines) is 2. The molecular weight excluding hydrogens is 276 g/mol. The molecule has 0 radical (unpaired) electrons. The smallest absolute Gasteiger partial charge is 0.229 e. The molecule has 0 aromatic carbocycles. The third-order valence-corrected chi connectivity index (χ3v) is 5.36. The number of carbonyl (C=O) groups is 1. The van der Waals surface area contributed by atoms with Gasteiger partial charge >= 0.3 is 0 Å². The van der Waals surface area contributed by atoms with Gasteiger partial charge in [-0.15, -0.1) is 0 Å². The van der Waals surface area contributed by atoms with E-state index in [0.717, 1.165) is 45.6 Å². The lowest BCUT2D eigenvalue weighted by molar-refractivity contribution is -0.142. The van der Waals surface area contributed by atoms with Crippen molar-refractivity contribution in [1.29, 1.82) is 0 Å². The third kappa shape index (κ3) is 4.43. The van der Waals surface area contributed by atoms with E-state index in [1.165, 1.54) is 12.8 Å². The Morgan fingerprint density at radius 2 is 1.68 bits per heavy atom. The van der Waals surface area contributed by atoms with Gasteiger partial charge in [0.05, 0.1) is 5.41 Å². The maximum atomic E-state index is 12.8. The van der Waals surface area contributed by atoms with Crippen molar-refractivity contribution in [3.05, 3.63) is 0 Å². The molecule has 0 bridgehead atoms. The van der Waals surface area contributed by atoms with Gasteiger partial charge in [-0.05, 0) is 66.7 Å². The van der Waals surface area contributed by atoms with Crippen LogP contribution in [0.2, 0.25) is 0 Å². The molecule has 5 heteroatoms. The van der Waals surface area contributed by atoms with Crippen molar-refractivity contribution >= 4 is 5.91 Å². The van der Waals surface area contributed by atoms with Crippen molar-refractivity contribution in [2.24, 2.45) is 11.1 Å². The molecule has 2 heterocycles. The third-order valence-electron chi connectivity index (χ3n) is 5.36. The van der Waals surface area contributed by atoms with Crippen LogP contribution in [-0.4, -0.2) is 79.5 Å². The van der Waals surface area contributed by atoms with Crippen molar-refractivity contribution in [3.8, 4) is 0 Å². The molecule has 0 atom stereocenters. The van der Waals surface area contributed by atoms with Gasteiger partial charge < -0.3 is 20.4 Å². The van der Waals surface area contributed by atoms with Crippen molar-refractivity contribution in [1.82, 2.24) is 14.7 Å². The summed E-state index contributed by atoms with van der Waals surface area (Å²) in [6.07, 6.45) is 4.28. The van der Waals surface area contributed by atoms with Crippen molar-refractivity contribution < 1.29 is 4.79 Å². The summed E-state index contributed by atoms with van der Waals surface area (Å²) in [5, 5.41) is 0. The van der Waals surface area contributed by atoms with E-state index in [4.69, 9.17) is 5.73 Å².